The predicted molar refractivity (Wildman–Crippen MR) is 92.7 cm³/mol. The zero-order valence-corrected chi connectivity index (χ0v) is 14.3. The minimum absolute atomic E-state index is 0.441. The first-order valence-electron chi connectivity index (χ1n) is 7.08. The summed E-state index contributed by atoms with van der Waals surface area (Å²) in [5.41, 5.74) is 1.78. The smallest absolute Gasteiger partial charge is 0.258 e. The topological polar surface area (TPSA) is 82.5 Å². The van der Waals surface area contributed by atoms with Crippen LogP contribution in [0.3, 0.4) is 0 Å². The highest BCUT2D eigenvalue weighted by Crippen LogP contribution is 2.29. The Morgan fingerprint density at radius 1 is 1.25 bits per heavy atom. The van der Waals surface area contributed by atoms with Crippen molar-refractivity contribution >= 4 is 24.0 Å². The molecule has 24 heavy (non-hydrogen) atoms. The van der Waals surface area contributed by atoms with E-state index in [1.807, 2.05) is 40.6 Å². The Bertz CT molecular complexity index is 948. The molecule has 0 aromatic carbocycles. The lowest BCUT2D eigenvalue weighted by Gasteiger charge is -2.06. The van der Waals surface area contributed by atoms with E-state index in [4.69, 9.17) is 4.52 Å². The Balaban J connectivity index is 1.66. The lowest BCUT2D eigenvalue weighted by atomic mass is 10.2. The molecule has 0 aliphatic carbocycles. The Kier molecular flexibility index (Phi) is 3.87. The number of hydrogen-bond acceptors (Lipinski definition) is 8. The first-order valence-corrected chi connectivity index (χ1v) is 8.54. The van der Waals surface area contributed by atoms with Crippen molar-refractivity contribution < 1.29 is 4.52 Å². The van der Waals surface area contributed by atoms with E-state index in [2.05, 4.69) is 38.0 Å². The Morgan fingerprint density at radius 2 is 2.17 bits per heavy atom. The summed E-state index contributed by atoms with van der Waals surface area (Å²) in [6, 6.07) is 5.71. The van der Waals surface area contributed by atoms with Crippen LogP contribution in [0.4, 0.5) is 0 Å². The summed E-state index contributed by atoms with van der Waals surface area (Å²) in [5.74, 6) is 2.27. The number of hydrogen-bond donors (Lipinski definition) is 1. The second kappa shape index (κ2) is 6.17. The van der Waals surface area contributed by atoms with Crippen molar-refractivity contribution in [1.29, 1.82) is 0 Å². The van der Waals surface area contributed by atoms with E-state index in [0.29, 0.717) is 23.4 Å². The maximum atomic E-state index is 5.31. The van der Waals surface area contributed by atoms with Crippen molar-refractivity contribution in [2.45, 2.75) is 5.25 Å². The SMILES string of the molecule is Cn1c(-c2cccnc2)nnc1C(S)c1noc(-c2ccsc2)n1. The van der Waals surface area contributed by atoms with Crippen LogP contribution in [0.2, 0.25) is 0 Å². The molecule has 4 aromatic rings. The number of nitrogens with zero attached hydrogens (tertiary/aromatic N) is 6. The van der Waals surface area contributed by atoms with Crippen molar-refractivity contribution in [2.75, 3.05) is 0 Å². The second-order valence-electron chi connectivity index (χ2n) is 5.05. The van der Waals surface area contributed by atoms with Gasteiger partial charge in [0.1, 0.15) is 5.25 Å². The van der Waals surface area contributed by atoms with Crippen molar-refractivity contribution in [3.05, 3.63) is 53.0 Å². The number of aromatic nitrogens is 6. The van der Waals surface area contributed by atoms with E-state index < -0.39 is 5.25 Å². The van der Waals surface area contributed by atoms with E-state index in [0.717, 1.165) is 11.1 Å². The van der Waals surface area contributed by atoms with Crippen molar-refractivity contribution in [2.24, 2.45) is 7.05 Å². The van der Waals surface area contributed by atoms with E-state index in [1.165, 1.54) is 0 Å². The van der Waals surface area contributed by atoms with Crippen LogP contribution in [0.25, 0.3) is 22.8 Å². The number of thiophene rings is 1. The van der Waals surface area contributed by atoms with Crippen LogP contribution in [-0.4, -0.2) is 29.9 Å². The summed E-state index contributed by atoms with van der Waals surface area (Å²) in [6.45, 7) is 0. The highest BCUT2D eigenvalue weighted by molar-refractivity contribution is 7.80. The van der Waals surface area contributed by atoms with Gasteiger partial charge >= 0.3 is 0 Å². The fourth-order valence-electron chi connectivity index (χ4n) is 2.29. The number of rotatable bonds is 4. The molecule has 4 heterocycles. The molecule has 9 heteroatoms. The Morgan fingerprint density at radius 3 is 2.92 bits per heavy atom. The molecule has 7 nitrogen and oxygen atoms in total. The quantitative estimate of drug-likeness (QED) is 0.566. The van der Waals surface area contributed by atoms with E-state index in [9.17, 15) is 0 Å². The molecule has 0 radical (unpaired) electrons. The monoisotopic (exact) mass is 356 g/mol. The molecule has 0 N–H and O–H groups in total. The molecule has 1 unspecified atom stereocenters. The van der Waals surface area contributed by atoms with Crippen LogP contribution in [0.5, 0.6) is 0 Å². The van der Waals surface area contributed by atoms with Gasteiger partial charge < -0.3 is 9.09 Å². The maximum absolute atomic E-state index is 5.31. The van der Waals surface area contributed by atoms with Crippen molar-refractivity contribution in [1.82, 2.24) is 29.9 Å². The second-order valence-corrected chi connectivity index (χ2v) is 6.35. The van der Waals surface area contributed by atoms with E-state index >= 15 is 0 Å². The zero-order valence-electron chi connectivity index (χ0n) is 12.6. The fourth-order valence-corrected chi connectivity index (χ4v) is 3.25. The van der Waals surface area contributed by atoms with Gasteiger partial charge in [-0.3, -0.25) is 4.98 Å². The van der Waals surface area contributed by atoms with Crippen LogP contribution in [0.15, 0.2) is 45.9 Å². The molecular weight excluding hydrogens is 344 g/mol. The van der Waals surface area contributed by atoms with E-state index in [-0.39, 0.29) is 0 Å². The van der Waals surface area contributed by atoms with Gasteiger partial charge in [0.15, 0.2) is 17.5 Å². The minimum Gasteiger partial charge on any atom is -0.334 e. The normalized spacial score (nSPS) is 12.4. The Hall–Kier alpha value is -2.52. The summed E-state index contributed by atoms with van der Waals surface area (Å²) in [4.78, 5) is 8.52. The average Bonchev–Trinajstić information content (AvgIpc) is 3.35. The molecule has 0 saturated heterocycles. The first-order chi connectivity index (χ1) is 11.7. The zero-order chi connectivity index (χ0) is 16.5. The fraction of sp³-hybridized carbons (Fsp3) is 0.133. The Labute approximate surface area is 146 Å². The van der Waals surface area contributed by atoms with Crippen LogP contribution in [0, 0.1) is 0 Å². The third-order valence-electron chi connectivity index (χ3n) is 3.53. The molecule has 0 spiro atoms. The standard InChI is InChI=1S/C15H12N6OS2/c1-21-13(9-3-2-5-16-7-9)18-19-14(21)11(23)12-17-15(22-20-12)10-4-6-24-8-10/h2-8,11,23H,1H3. The molecule has 0 aliphatic rings. The van der Waals surface area contributed by atoms with Crippen LogP contribution < -0.4 is 0 Å². The molecule has 4 rings (SSSR count). The molecule has 0 fully saturated rings. The molecule has 0 bridgehead atoms. The molecule has 0 saturated carbocycles. The van der Waals surface area contributed by atoms with Crippen molar-refractivity contribution in [3.63, 3.8) is 0 Å². The summed E-state index contributed by atoms with van der Waals surface area (Å²) >= 11 is 6.17. The van der Waals surface area contributed by atoms with Gasteiger partial charge in [-0.15, -0.1) is 10.2 Å². The average molecular weight is 356 g/mol. The summed E-state index contributed by atoms with van der Waals surface area (Å²) in [6.07, 6.45) is 3.46. The third kappa shape index (κ3) is 2.61. The number of thiol groups is 1. The third-order valence-corrected chi connectivity index (χ3v) is 4.67. The maximum Gasteiger partial charge on any atom is 0.258 e. The van der Waals surface area contributed by atoms with Gasteiger partial charge in [-0.1, -0.05) is 5.16 Å². The molecule has 0 aliphatic heterocycles. The van der Waals surface area contributed by atoms with Gasteiger partial charge in [0.25, 0.3) is 5.89 Å². The van der Waals surface area contributed by atoms with Gasteiger partial charge in [-0.25, -0.2) is 0 Å². The molecule has 0 amide bonds. The molecule has 4 aromatic heterocycles. The molecule has 120 valence electrons. The minimum atomic E-state index is -0.441. The highest BCUT2D eigenvalue weighted by Gasteiger charge is 2.23. The van der Waals surface area contributed by atoms with Gasteiger partial charge in [0, 0.05) is 30.4 Å². The van der Waals surface area contributed by atoms with Gasteiger partial charge in [0.2, 0.25) is 0 Å². The van der Waals surface area contributed by atoms with Gasteiger partial charge in [0.05, 0.1) is 5.56 Å². The first kappa shape index (κ1) is 15.0. The lowest BCUT2D eigenvalue weighted by molar-refractivity contribution is 0.423. The van der Waals surface area contributed by atoms with Crippen LogP contribution >= 0.6 is 24.0 Å². The highest BCUT2D eigenvalue weighted by atomic mass is 32.1. The summed E-state index contributed by atoms with van der Waals surface area (Å²) < 4.78 is 7.17. The van der Waals surface area contributed by atoms with Gasteiger partial charge in [-0.2, -0.15) is 28.9 Å². The molecule has 1 atom stereocenters. The van der Waals surface area contributed by atoms with Crippen molar-refractivity contribution in [3.8, 4) is 22.8 Å². The van der Waals surface area contributed by atoms with Crippen LogP contribution in [-0.2, 0) is 7.05 Å². The summed E-state index contributed by atoms with van der Waals surface area (Å²) in [5, 5.41) is 15.9. The summed E-state index contributed by atoms with van der Waals surface area (Å²) in [7, 11) is 1.88. The molecular formula is C15H12N6OS2. The predicted octanol–water partition coefficient (Wildman–Crippen LogP) is 3.01. The lowest BCUT2D eigenvalue weighted by Crippen LogP contribution is -2.05. The van der Waals surface area contributed by atoms with Crippen LogP contribution in [0.1, 0.15) is 16.9 Å². The largest absolute Gasteiger partial charge is 0.334 e. The van der Waals surface area contributed by atoms with E-state index in [1.54, 1.807) is 23.7 Å². The van der Waals surface area contributed by atoms with Gasteiger partial charge in [-0.05, 0) is 23.6 Å². The number of pyridine rings is 1.